The molecule has 9 heteroatoms. The Morgan fingerprint density at radius 1 is 0.935 bits per heavy atom. The summed E-state index contributed by atoms with van der Waals surface area (Å²) in [5, 5.41) is 7.66. The van der Waals surface area contributed by atoms with Gasteiger partial charge in [0.1, 0.15) is 28.8 Å². The van der Waals surface area contributed by atoms with Crippen molar-refractivity contribution in [2.24, 2.45) is 5.73 Å². The number of imidazole rings is 2. The first-order valence-corrected chi connectivity index (χ1v) is 10.6. The number of rotatable bonds is 3. The second-order valence-electron chi connectivity index (χ2n) is 7.45. The van der Waals surface area contributed by atoms with Crippen molar-refractivity contribution in [3.8, 4) is 32.9 Å². The van der Waals surface area contributed by atoms with Crippen molar-refractivity contribution < 1.29 is 9.47 Å². The quantitative estimate of drug-likeness (QED) is 0.252. The van der Waals surface area contributed by atoms with Gasteiger partial charge in [0.05, 0.1) is 22.1 Å². The van der Waals surface area contributed by atoms with Crippen LogP contribution in [0.25, 0.3) is 43.5 Å². The second-order valence-corrected chi connectivity index (χ2v) is 8.47. The maximum atomic E-state index is 7.66. The van der Waals surface area contributed by atoms with Crippen molar-refractivity contribution in [3.63, 3.8) is 0 Å². The highest BCUT2D eigenvalue weighted by Crippen LogP contribution is 2.52. The summed E-state index contributed by atoms with van der Waals surface area (Å²) < 4.78 is 12.0. The number of aromatic amines is 2. The van der Waals surface area contributed by atoms with Crippen LogP contribution in [-0.2, 0) is 0 Å². The van der Waals surface area contributed by atoms with Gasteiger partial charge in [0.15, 0.2) is 23.1 Å². The minimum absolute atomic E-state index is 0.0192. The van der Waals surface area contributed by atoms with E-state index in [0.29, 0.717) is 36.1 Å². The number of ether oxygens (including phenoxy) is 2. The number of hydrogen-bond donors (Lipinski definition) is 4. The Balaban J connectivity index is 1.52. The van der Waals surface area contributed by atoms with Crippen LogP contribution < -0.4 is 15.2 Å². The van der Waals surface area contributed by atoms with E-state index in [0.717, 1.165) is 37.6 Å². The van der Waals surface area contributed by atoms with Gasteiger partial charge in [-0.3, -0.25) is 5.41 Å². The summed E-state index contributed by atoms with van der Waals surface area (Å²) in [6.45, 7) is 3.02. The highest BCUT2D eigenvalue weighted by molar-refractivity contribution is 7.19. The van der Waals surface area contributed by atoms with Crippen molar-refractivity contribution in [2.45, 2.75) is 6.92 Å². The number of amidine groups is 1. The maximum absolute atomic E-state index is 7.66. The normalized spacial score (nSPS) is 13.2. The van der Waals surface area contributed by atoms with Crippen molar-refractivity contribution in [1.82, 2.24) is 19.9 Å². The van der Waals surface area contributed by atoms with E-state index in [1.54, 1.807) is 6.07 Å². The third kappa shape index (κ3) is 2.85. The van der Waals surface area contributed by atoms with Crippen LogP contribution in [0.3, 0.4) is 0 Å². The molecule has 6 rings (SSSR count). The van der Waals surface area contributed by atoms with Gasteiger partial charge < -0.3 is 25.2 Å². The van der Waals surface area contributed by atoms with Crippen LogP contribution in [0.15, 0.2) is 36.4 Å². The van der Waals surface area contributed by atoms with Crippen LogP contribution in [0.1, 0.15) is 11.1 Å². The third-order valence-corrected chi connectivity index (χ3v) is 6.43. The molecule has 0 fully saturated rings. The number of aromatic nitrogens is 4. The molecule has 1 aliphatic heterocycles. The van der Waals surface area contributed by atoms with E-state index in [1.165, 1.54) is 16.9 Å². The lowest BCUT2D eigenvalue weighted by molar-refractivity contribution is 0.174. The lowest BCUT2D eigenvalue weighted by atomic mass is 10.2. The molecule has 3 aromatic heterocycles. The van der Waals surface area contributed by atoms with E-state index in [1.807, 2.05) is 24.3 Å². The highest BCUT2D eigenvalue weighted by Gasteiger charge is 2.29. The van der Waals surface area contributed by atoms with Gasteiger partial charge in [0.2, 0.25) is 0 Å². The van der Waals surface area contributed by atoms with Crippen molar-refractivity contribution >= 4 is 39.2 Å². The SMILES string of the molecule is Cc1ccc2nc(-c3sc(-c4nc5ccc(C(=N)N)cc5[nH]4)c4c3OCCO4)[nH]c2c1. The molecule has 5 N–H and O–H groups in total. The Morgan fingerprint density at radius 2 is 1.52 bits per heavy atom. The fourth-order valence-electron chi connectivity index (χ4n) is 3.78. The number of hydrogen-bond acceptors (Lipinski definition) is 6. The van der Waals surface area contributed by atoms with Crippen molar-refractivity contribution in [3.05, 3.63) is 47.5 Å². The largest absolute Gasteiger partial charge is 0.484 e. The molecule has 154 valence electrons. The highest BCUT2D eigenvalue weighted by atomic mass is 32.1. The molecule has 0 saturated heterocycles. The van der Waals surface area contributed by atoms with E-state index < -0.39 is 0 Å². The van der Waals surface area contributed by atoms with Gasteiger partial charge in [0.25, 0.3) is 0 Å². The summed E-state index contributed by atoms with van der Waals surface area (Å²) in [6.07, 6.45) is 0. The first-order valence-electron chi connectivity index (χ1n) is 9.80. The van der Waals surface area contributed by atoms with Crippen molar-refractivity contribution in [2.75, 3.05) is 13.2 Å². The van der Waals surface area contributed by atoms with E-state index in [4.69, 9.17) is 30.6 Å². The molecule has 0 radical (unpaired) electrons. The Bertz CT molecular complexity index is 1500. The van der Waals surface area contributed by atoms with Crippen LogP contribution in [-0.4, -0.2) is 39.0 Å². The molecule has 0 spiro atoms. The van der Waals surface area contributed by atoms with Crippen molar-refractivity contribution in [1.29, 1.82) is 5.41 Å². The average Bonchev–Trinajstić information content (AvgIpc) is 3.46. The van der Waals surface area contributed by atoms with E-state index in [2.05, 4.69) is 23.0 Å². The van der Waals surface area contributed by atoms with Gasteiger partial charge in [-0.1, -0.05) is 6.07 Å². The van der Waals surface area contributed by atoms with Gasteiger partial charge >= 0.3 is 0 Å². The Hall–Kier alpha value is -3.85. The first-order chi connectivity index (χ1) is 15.1. The lowest BCUT2D eigenvalue weighted by Crippen LogP contribution is -2.15. The fraction of sp³-hybridized carbons (Fsp3) is 0.136. The molecule has 0 unspecified atom stereocenters. The summed E-state index contributed by atoms with van der Waals surface area (Å²) in [5.74, 6) is 2.81. The van der Waals surface area contributed by atoms with Gasteiger partial charge in [-0.05, 0) is 42.8 Å². The minimum atomic E-state index is 0.0192. The summed E-state index contributed by atoms with van der Waals surface area (Å²) in [6, 6.07) is 11.6. The fourth-order valence-corrected chi connectivity index (χ4v) is 4.86. The minimum Gasteiger partial charge on any atom is -0.484 e. The monoisotopic (exact) mass is 430 g/mol. The smallest absolute Gasteiger partial charge is 0.183 e. The molecule has 4 heterocycles. The van der Waals surface area contributed by atoms with Crippen LogP contribution in [0.4, 0.5) is 0 Å². The Labute approximate surface area is 180 Å². The van der Waals surface area contributed by atoms with Gasteiger partial charge in [-0.25, -0.2) is 9.97 Å². The van der Waals surface area contributed by atoms with E-state index in [-0.39, 0.29) is 5.84 Å². The average molecular weight is 430 g/mol. The maximum Gasteiger partial charge on any atom is 0.183 e. The number of aryl methyl sites for hydroxylation is 1. The lowest BCUT2D eigenvalue weighted by Gasteiger charge is -2.16. The standard InChI is InChI=1S/C22H18N6O2S/c1-10-2-4-12-14(8-10)27-21(25-12)18-16-17(30-7-6-29-16)19(31-18)22-26-13-5-3-11(20(23)24)9-15(13)28-22/h2-5,8-9H,6-7H2,1H3,(H3,23,24)(H,25,27)(H,26,28). The van der Waals surface area contributed by atoms with Crippen LogP contribution in [0.5, 0.6) is 11.5 Å². The molecule has 0 aliphatic carbocycles. The number of fused-ring (bicyclic) bond motifs is 3. The molecule has 5 aromatic rings. The van der Waals surface area contributed by atoms with Gasteiger partial charge in [-0.2, -0.15) is 0 Å². The number of nitrogens with zero attached hydrogens (tertiary/aromatic N) is 2. The topological polar surface area (TPSA) is 126 Å². The van der Waals surface area contributed by atoms with Crippen LogP contribution in [0.2, 0.25) is 0 Å². The molecule has 2 aromatic carbocycles. The third-order valence-electron chi connectivity index (χ3n) is 5.26. The first kappa shape index (κ1) is 18.0. The zero-order valence-electron chi connectivity index (χ0n) is 16.6. The summed E-state index contributed by atoms with van der Waals surface area (Å²) in [7, 11) is 0. The molecular formula is C22H18N6O2S. The van der Waals surface area contributed by atoms with Gasteiger partial charge in [-0.15, -0.1) is 11.3 Å². The summed E-state index contributed by atoms with van der Waals surface area (Å²) in [5.41, 5.74) is 10.9. The van der Waals surface area contributed by atoms with Crippen LogP contribution in [0, 0.1) is 12.3 Å². The van der Waals surface area contributed by atoms with Gasteiger partial charge in [0, 0.05) is 5.56 Å². The summed E-state index contributed by atoms with van der Waals surface area (Å²) >= 11 is 1.52. The predicted molar refractivity (Wildman–Crippen MR) is 121 cm³/mol. The zero-order chi connectivity index (χ0) is 21.1. The number of benzene rings is 2. The van der Waals surface area contributed by atoms with E-state index >= 15 is 0 Å². The Morgan fingerprint density at radius 3 is 2.13 bits per heavy atom. The van der Waals surface area contributed by atoms with E-state index in [9.17, 15) is 0 Å². The van der Waals surface area contributed by atoms with Crippen LogP contribution >= 0.6 is 11.3 Å². The second kappa shape index (κ2) is 6.58. The number of nitrogens with two attached hydrogens (primary N) is 1. The molecular weight excluding hydrogens is 412 g/mol. The zero-order valence-corrected chi connectivity index (χ0v) is 17.4. The molecule has 1 aliphatic rings. The molecule has 0 amide bonds. The number of H-pyrrole nitrogens is 2. The predicted octanol–water partition coefficient (Wildman–Crippen LogP) is 4.20. The number of thiophene rings is 1. The number of nitrogen functional groups attached to an aromatic ring is 1. The molecule has 8 nitrogen and oxygen atoms in total. The molecule has 0 bridgehead atoms. The summed E-state index contributed by atoms with van der Waals surface area (Å²) in [4.78, 5) is 18.0. The Kier molecular flexibility index (Phi) is 3.81. The molecule has 31 heavy (non-hydrogen) atoms. The molecule has 0 atom stereocenters. The number of nitrogens with one attached hydrogen (secondary N) is 3. The molecule has 0 saturated carbocycles.